The summed E-state index contributed by atoms with van der Waals surface area (Å²) in [6.45, 7) is 13.5. The Hall–Kier alpha value is -0.458. The second-order valence-corrected chi connectivity index (χ2v) is 2.38. The minimum atomic E-state index is -4.12. The molecule has 0 spiro atoms. The Bertz CT molecular complexity index is 214. The molecule has 0 aromatic rings. The third-order valence-corrected chi connectivity index (χ3v) is 0.556. The Labute approximate surface area is 116 Å². The van der Waals surface area contributed by atoms with E-state index in [9.17, 15) is 13.2 Å². The number of halogens is 3. The van der Waals surface area contributed by atoms with Crippen LogP contribution in [0.4, 0.5) is 13.2 Å². The van der Waals surface area contributed by atoms with Gasteiger partial charge in [0.25, 0.3) is 0 Å². The maximum Gasteiger partial charge on any atom is 0.00506 e. The summed E-state index contributed by atoms with van der Waals surface area (Å²) in [7, 11) is 0. The van der Waals surface area contributed by atoms with E-state index in [1.165, 1.54) is 0 Å². The van der Waals surface area contributed by atoms with Crippen LogP contribution in [0, 0.1) is 26.4 Å². The van der Waals surface area contributed by atoms with Gasteiger partial charge in [0.05, 0.1) is 0 Å². The van der Waals surface area contributed by atoms with Gasteiger partial charge in [0, 0.05) is 23.8 Å². The third kappa shape index (κ3) is 138. The van der Waals surface area contributed by atoms with Crippen LogP contribution in [0.15, 0.2) is 24.3 Å². The van der Waals surface area contributed by atoms with Gasteiger partial charge in [-0.05, 0) is 0 Å². The molecule has 0 saturated heterocycles. The molecule has 0 unspecified atom stereocenters. The molecule has 0 N–H and O–H groups in total. The molecule has 0 heterocycles. The molecule has 0 atom stereocenters. The summed E-state index contributed by atoms with van der Waals surface area (Å²) >= 11 is 0.979. The zero-order valence-corrected chi connectivity index (χ0v) is 11.0. The van der Waals surface area contributed by atoms with Crippen molar-refractivity contribution in [1.82, 2.24) is 0 Å². The Morgan fingerprint density at radius 1 is 0.765 bits per heavy atom. The van der Waals surface area contributed by atoms with E-state index in [-0.39, 0.29) is 17.4 Å². The van der Waals surface area contributed by atoms with Crippen molar-refractivity contribution in [1.29, 1.82) is 0 Å². The Kier molecular flexibility index (Phi) is 52.2. The first kappa shape index (κ1) is 30.0. The molecule has 0 saturated carbocycles. The van der Waals surface area contributed by atoms with Crippen molar-refractivity contribution in [3.05, 3.63) is 50.7 Å². The monoisotopic (exact) mass is 350 g/mol. The van der Waals surface area contributed by atoms with Crippen LogP contribution in [0.5, 0.6) is 0 Å². The van der Waals surface area contributed by atoms with Crippen molar-refractivity contribution in [2.24, 2.45) is 0 Å². The maximum absolute atomic E-state index is 10.3. The molecule has 0 amide bonds. The van der Waals surface area contributed by atoms with Gasteiger partial charge in [0.1, 0.15) is 0 Å². The van der Waals surface area contributed by atoms with Crippen molar-refractivity contribution >= 4 is 16.0 Å². The van der Waals surface area contributed by atoms with Crippen molar-refractivity contribution in [3.63, 3.8) is 0 Å². The average molecular weight is 349 g/mol. The molecule has 2 radical (unpaired) electrons. The molecule has 0 aliphatic heterocycles. The summed E-state index contributed by atoms with van der Waals surface area (Å²) in [6, 6.07) is 0. The first-order valence-corrected chi connectivity index (χ1v) is 3.91. The van der Waals surface area contributed by atoms with Crippen LogP contribution < -0.4 is 0 Å². The zero-order valence-electron chi connectivity index (χ0n) is 8.06. The molecular formula is C9H5CrF3O3Se. The number of hydrogen-bond acceptors (Lipinski definition) is 0. The Balaban J connectivity index is -0.0000000380. The standard InChI is InChI=1S/C5H5.CF3Se.3CO.Cr/c1-2-4-5-3-1;2-1(3,4)5;3*1-2;/h1-5H;;;;;. The van der Waals surface area contributed by atoms with Crippen LogP contribution in [0.1, 0.15) is 0 Å². The normalized spacial score (nSPS) is 9.06. The molecule has 3 nitrogen and oxygen atoms in total. The van der Waals surface area contributed by atoms with Gasteiger partial charge in [-0.15, -0.1) is 0 Å². The van der Waals surface area contributed by atoms with E-state index in [0.717, 1.165) is 16.0 Å². The van der Waals surface area contributed by atoms with Gasteiger partial charge < -0.3 is 0 Å². The van der Waals surface area contributed by atoms with Crippen LogP contribution in [0.3, 0.4) is 0 Å². The van der Waals surface area contributed by atoms with E-state index in [4.69, 9.17) is 14.0 Å². The minimum absolute atomic E-state index is 0. The van der Waals surface area contributed by atoms with Crippen molar-refractivity contribution < 1.29 is 44.5 Å². The van der Waals surface area contributed by atoms with Crippen LogP contribution >= 0.6 is 0 Å². The molecule has 92 valence electrons. The number of hydrogen-bond donors (Lipinski definition) is 0. The number of allylic oxidation sites excluding steroid dienone is 4. The van der Waals surface area contributed by atoms with Crippen molar-refractivity contribution in [3.8, 4) is 0 Å². The fourth-order valence-corrected chi connectivity index (χ4v) is 0.321. The van der Waals surface area contributed by atoms with E-state index in [1.54, 1.807) is 0 Å². The second kappa shape index (κ2) is 29.6. The van der Waals surface area contributed by atoms with E-state index < -0.39 is 5.07 Å². The van der Waals surface area contributed by atoms with Gasteiger partial charge in [-0.3, -0.25) is 0 Å². The molecule has 1 aliphatic carbocycles. The molecule has 0 bridgehead atoms. The molecule has 8 heteroatoms. The Morgan fingerprint density at radius 2 is 0.941 bits per heavy atom. The first-order valence-electron chi connectivity index (χ1n) is 3.05. The largest absolute Gasteiger partial charge is 0.0767 e. The van der Waals surface area contributed by atoms with Gasteiger partial charge >= 0.3 is 68.2 Å². The average Bonchev–Trinajstić information content (AvgIpc) is 2.82. The SMILES string of the molecule is FC(F)(F)[Se].[C-]#[O+].[C-]#[O+].[C-]#[O+].[CH]1C=CC=C1.[Cr]. The minimum Gasteiger partial charge on any atom is -0.0767 e. The maximum atomic E-state index is 10.3. The summed E-state index contributed by atoms with van der Waals surface area (Å²) in [5.41, 5.74) is 0. The predicted octanol–water partition coefficient (Wildman–Crippen LogP) is 1.88. The summed E-state index contributed by atoms with van der Waals surface area (Å²) in [5.74, 6) is 0. The smallest absolute Gasteiger partial charge is 0.00506 e. The number of rotatable bonds is 0. The van der Waals surface area contributed by atoms with Crippen molar-refractivity contribution in [2.75, 3.05) is 0 Å². The third-order valence-electron chi connectivity index (χ3n) is 0.556. The summed E-state index contributed by atoms with van der Waals surface area (Å²) in [5, 5.41) is -4.12. The molecular weight excluding hydrogens is 344 g/mol. The van der Waals surface area contributed by atoms with Gasteiger partial charge in [-0.1, -0.05) is 24.3 Å². The number of alkyl halides is 3. The molecule has 17 heavy (non-hydrogen) atoms. The summed E-state index contributed by atoms with van der Waals surface area (Å²) in [6.07, 6.45) is 10.0. The fraction of sp³-hybridized carbons (Fsp3) is 0.111. The van der Waals surface area contributed by atoms with Gasteiger partial charge in [0.15, 0.2) is 0 Å². The molecule has 0 aromatic heterocycles. The van der Waals surface area contributed by atoms with Crippen LogP contribution in [-0.2, 0) is 31.3 Å². The van der Waals surface area contributed by atoms with Crippen LogP contribution in [0.25, 0.3) is 0 Å². The zero-order chi connectivity index (χ0) is 14.0. The molecule has 0 fully saturated rings. The predicted molar refractivity (Wildman–Crippen MR) is 46.2 cm³/mol. The van der Waals surface area contributed by atoms with Crippen LogP contribution in [-0.4, -0.2) is 21.1 Å². The van der Waals surface area contributed by atoms with Crippen LogP contribution in [0.2, 0.25) is 0 Å². The topological polar surface area (TPSA) is 59.7 Å². The summed E-state index contributed by atoms with van der Waals surface area (Å²) < 4.78 is 53.4. The van der Waals surface area contributed by atoms with E-state index in [0.29, 0.717) is 0 Å². The second-order valence-electron chi connectivity index (χ2n) is 1.41. The fourth-order valence-electron chi connectivity index (χ4n) is 0.321. The quantitative estimate of drug-likeness (QED) is 0.364. The molecule has 1 aliphatic rings. The Morgan fingerprint density at radius 3 is 1.00 bits per heavy atom. The summed E-state index contributed by atoms with van der Waals surface area (Å²) in [4.78, 5) is 0. The van der Waals surface area contributed by atoms with E-state index in [1.807, 2.05) is 30.7 Å². The van der Waals surface area contributed by atoms with Gasteiger partial charge in [0.2, 0.25) is 0 Å². The van der Waals surface area contributed by atoms with Gasteiger partial charge in [-0.2, -0.15) is 0 Å². The van der Waals surface area contributed by atoms with E-state index >= 15 is 0 Å². The van der Waals surface area contributed by atoms with Gasteiger partial charge in [-0.25, -0.2) is 0 Å². The molecule has 1 rings (SSSR count). The first-order chi connectivity index (χ1) is 7.50. The van der Waals surface area contributed by atoms with Crippen molar-refractivity contribution in [2.45, 2.75) is 5.07 Å². The van der Waals surface area contributed by atoms with E-state index in [2.05, 4.69) is 20.0 Å². The molecule has 0 aromatic carbocycles.